The van der Waals surface area contributed by atoms with Crippen molar-refractivity contribution in [3.05, 3.63) is 42.2 Å². The maximum absolute atomic E-state index is 12.6. The Labute approximate surface area is 149 Å². The molecule has 0 spiro atoms. The predicted molar refractivity (Wildman–Crippen MR) is 97.8 cm³/mol. The quantitative estimate of drug-likeness (QED) is 0.930. The van der Waals surface area contributed by atoms with Gasteiger partial charge in [-0.2, -0.15) is 0 Å². The first-order valence-corrected chi connectivity index (χ1v) is 9.40. The van der Waals surface area contributed by atoms with Gasteiger partial charge < -0.3 is 19.4 Å². The lowest BCUT2D eigenvalue weighted by Gasteiger charge is -2.38. The van der Waals surface area contributed by atoms with E-state index in [1.165, 1.54) is 12.8 Å². The lowest BCUT2D eigenvalue weighted by Crippen LogP contribution is -2.51. The molecule has 1 amide bonds. The van der Waals surface area contributed by atoms with Crippen molar-refractivity contribution in [3.8, 4) is 0 Å². The summed E-state index contributed by atoms with van der Waals surface area (Å²) in [7, 11) is 0. The molecule has 3 atom stereocenters. The van der Waals surface area contributed by atoms with Crippen LogP contribution in [0.3, 0.4) is 0 Å². The fraction of sp³-hybridized carbons (Fsp3) is 0.550. The van der Waals surface area contributed by atoms with Crippen molar-refractivity contribution in [3.63, 3.8) is 0 Å². The third-order valence-corrected chi connectivity index (χ3v) is 5.56. The number of nitrogens with one attached hydrogen (secondary N) is 1. The van der Waals surface area contributed by atoms with E-state index in [0.717, 1.165) is 43.7 Å². The van der Waals surface area contributed by atoms with E-state index in [1.807, 2.05) is 41.1 Å². The molecule has 134 valence electrons. The smallest absolute Gasteiger partial charge is 0.253 e. The van der Waals surface area contributed by atoms with Gasteiger partial charge in [-0.05, 0) is 43.4 Å². The van der Waals surface area contributed by atoms with Crippen molar-refractivity contribution in [1.82, 2.24) is 14.6 Å². The SMILES string of the molecule is C[C@@H]1CN(C[C@H]2CCCO2)CC[C@@H]1NC(=O)c1cc2ccccn2c1. The van der Waals surface area contributed by atoms with Crippen LogP contribution in [0.2, 0.25) is 0 Å². The van der Waals surface area contributed by atoms with E-state index in [2.05, 4.69) is 17.1 Å². The van der Waals surface area contributed by atoms with Crippen molar-refractivity contribution in [2.45, 2.75) is 38.3 Å². The summed E-state index contributed by atoms with van der Waals surface area (Å²) in [4.78, 5) is 15.1. The molecule has 1 N–H and O–H groups in total. The van der Waals surface area contributed by atoms with E-state index in [9.17, 15) is 4.79 Å². The number of ether oxygens (including phenoxy) is 1. The van der Waals surface area contributed by atoms with Gasteiger partial charge in [0.1, 0.15) is 0 Å². The van der Waals surface area contributed by atoms with E-state index >= 15 is 0 Å². The first-order chi connectivity index (χ1) is 12.2. The van der Waals surface area contributed by atoms with Gasteiger partial charge in [0.15, 0.2) is 0 Å². The minimum Gasteiger partial charge on any atom is -0.377 e. The molecule has 2 aliphatic heterocycles. The minimum atomic E-state index is 0.0353. The van der Waals surface area contributed by atoms with Crippen LogP contribution in [0.4, 0.5) is 0 Å². The average molecular weight is 341 g/mol. The molecule has 0 saturated carbocycles. The Hall–Kier alpha value is -1.85. The summed E-state index contributed by atoms with van der Waals surface area (Å²) in [6, 6.07) is 8.18. The Morgan fingerprint density at radius 1 is 1.36 bits per heavy atom. The highest BCUT2D eigenvalue weighted by Gasteiger charge is 2.29. The van der Waals surface area contributed by atoms with Crippen LogP contribution in [0.5, 0.6) is 0 Å². The predicted octanol–water partition coefficient (Wildman–Crippen LogP) is 2.56. The molecule has 2 fully saturated rings. The number of hydrogen-bond donors (Lipinski definition) is 1. The summed E-state index contributed by atoms with van der Waals surface area (Å²) < 4.78 is 7.74. The highest BCUT2D eigenvalue weighted by molar-refractivity contribution is 5.95. The summed E-state index contributed by atoms with van der Waals surface area (Å²) >= 11 is 0. The third-order valence-electron chi connectivity index (χ3n) is 5.56. The summed E-state index contributed by atoms with van der Waals surface area (Å²) in [6.45, 7) is 6.26. The zero-order valence-electron chi connectivity index (χ0n) is 14.9. The van der Waals surface area contributed by atoms with E-state index in [-0.39, 0.29) is 11.9 Å². The molecule has 2 aromatic rings. The standard InChI is InChI=1S/C20H27N3O2/c1-15-12-22(14-18-6-4-10-25-18)9-7-19(15)21-20(24)16-11-17-5-2-3-8-23(17)13-16/h2-3,5,8,11,13,15,18-19H,4,6-7,9-10,12,14H2,1H3,(H,21,24)/t15-,18-,19+/m1/s1. The molecule has 4 heterocycles. The molecule has 0 radical (unpaired) electrons. The molecule has 25 heavy (non-hydrogen) atoms. The second kappa shape index (κ2) is 7.18. The van der Waals surface area contributed by atoms with Gasteiger partial charge >= 0.3 is 0 Å². The lowest BCUT2D eigenvalue weighted by molar-refractivity contribution is 0.0498. The Balaban J connectivity index is 1.34. The fourth-order valence-electron chi connectivity index (χ4n) is 4.12. The van der Waals surface area contributed by atoms with Crippen LogP contribution >= 0.6 is 0 Å². The molecule has 2 aromatic heterocycles. The van der Waals surface area contributed by atoms with Crippen LogP contribution < -0.4 is 5.32 Å². The summed E-state index contributed by atoms with van der Waals surface area (Å²) in [5, 5.41) is 3.25. The van der Waals surface area contributed by atoms with E-state index in [1.54, 1.807) is 0 Å². The second-order valence-electron chi connectivity index (χ2n) is 7.50. The molecule has 4 rings (SSSR count). The lowest BCUT2D eigenvalue weighted by atomic mass is 9.93. The van der Waals surface area contributed by atoms with Gasteiger partial charge in [0.05, 0.1) is 11.7 Å². The molecule has 0 aliphatic carbocycles. The number of carbonyl (C=O) groups is 1. The van der Waals surface area contributed by atoms with E-state index in [4.69, 9.17) is 4.74 Å². The van der Waals surface area contributed by atoms with Crippen LogP contribution in [-0.2, 0) is 4.74 Å². The molecule has 0 unspecified atom stereocenters. The fourth-order valence-corrected chi connectivity index (χ4v) is 4.12. The minimum absolute atomic E-state index is 0.0353. The van der Waals surface area contributed by atoms with Gasteiger partial charge in [-0.15, -0.1) is 0 Å². The van der Waals surface area contributed by atoms with Gasteiger partial charge in [0.2, 0.25) is 0 Å². The molecule has 5 nitrogen and oxygen atoms in total. The first-order valence-electron chi connectivity index (χ1n) is 9.40. The van der Waals surface area contributed by atoms with E-state index < -0.39 is 0 Å². The Bertz CT molecular complexity index is 702. The van der Waals surface area contributed by atoms with Crippen LogP contribution in [-0.4, -0.2) is 53.6 Å². The number of rotatable bonds is 4. The van der Waals surface area contributed by atoms with Crippen LogP contribution in [0, 0.1) is 5.92 Å². The molecular weight excluding hydrogens is 314 g/mol. The number of amides is 1. The highest BCUT2D eigenvalue weighted by atomic mass is 16.5. The number of likely N-dealkylation sites (tertiary alicyclic amines) is 1. The van der Waals surface area contributed by atoms with Gasteiger partial charge in [-0.25, -0.2) is 0 Å². The molecular formula is C20H27N3O2. The zero-order valence-corrected chi connectivity index (χ0v) is 14.9. The topological polar surface area (TPSA) is 46.0 Å². The van der Waals surface area contributed by atoms with E-state index in [0.29, 0.717) is 12.0 Å². The van der Waals surface area contributed by atoms with Crippen molar-refractivity contribution in [2.75, 3.05) is 26.2 Å². The van der Waals surface area contributed by atoms with Crippen molar-refractivity contribution >= 4 is 11.4 Å². The van der Waals surface area contributed by atoms with Gasteiger partial charge in [-0.3, -0.25) is 4.79 Å². The van der Waals surface area contributed by atoms with Crippen molar-refractivity contribution in [2.24, 2.45) is 5.92 Å². The maximum Gasteiger partial charge on any atom is 0.253 e. The largest absolute Gasteiger partial charge is 0.377 e. The molecule has 0 bridgehead atoms. The Morgan fingerprint density at radius 3 is 3.04 bits per heavy atom. The summed E-state index contributed by atoms with van der Waals surface area (Å²) in [5.41, 5.74) is 1.78. The van der Waals surface area contributed by atoms with Gasteiger partial charge in [0, 0.05) is 50.2 Å². The highest BCUT2D eigenvalue weighted by Crippen LogP contribution is 2.21. The first kappa shape index (κ1) is 16.6. The van der Waals surface area contributed by atoms with Crippen LogP contribution in [0.1, 0.15) is 36.5 Å². The maximum atomic E-state index is 12.6. The number of carbonyl (C=O) groups excluding carboxylic acids is 1. The molecule has 2 aliphatic rings. The monoisotopic (exact) mass is 341 g/mol. The zero-order chi connectivity index (χ0) is 17.2. The van der Waals surface area contributed by atoms with Crippen LogP contribution in [0.25, 0.3) is 5.52 Å². The second-order valence-corrected chi connectivity index (χ2v) is 7.50. The third kappa shape index (κ3) is 3.72. The number of hydrogen-bond acceptors (Lipinski definition) is 3. The van der Waals surface area contributed by atoms with Crippen molar-refractivity contribution < 1.29 is 9.53 Å². The number of nitrogens with zero attached hydrogens (tertiary/aromatic N) is 2. The normalized spacial score (nSPS) is 27.6. The summed E-state index contributed by atoms with van der Waals surface area (Å²) in [5.74, 6) is 0.490. The van der Waals surface area contributed by atoms with Gasteiger partial charge in [-0.1, -0.05) is 13.0 Å². The Kier molecular flexibility index (Phi) is 4.77. The number of fused-ring (bicyclic) bond motifs is 1. The number of piperidine rings is 1. The summed E-state index contributed by atoms with van der Waals surface area (Å²) in [6.07, 6.45) is 7.67. The average Bonchev–Trinajstić information content (AvgIpc) is 3.26. The molecule has 5 heteroatoms. The van der Waals surface area contributed by atoms with Crippen LogP contribution in [0.15, 0.2) is 36.7 Å². The number of aromatic nitrogens is 1. The Morgan fingerprint density at radius 2 is 2.28 bits per heavy atom. The van der Waals surface area contributed by atoms with Gasteiger partial charge in [0.25, 0.3) is 5.91 Å². The molecule has 2 saturated heterocycles. The molecule has 0 aromatic carbocycles. The van der Waals surface area contributed by atoms with Crippen molar-refractivity contribution in [1.29, 1.82) is 0 Å². The number of pyridine rings is 1.